The zero-order valence-corrected chi connectivity index (χ0v) is 32.5. The lowest BCUT2D eigenvalue weighted by atomic mass is 10.2. The second kappa shape index (κ2) is 20.2. The minimum Gasteiger partial charge on any atom is -0.390 e. The SMILES string of the molecule is CN(/C=C\NCCCCCCn1cc[n+](C)c1N=Nc1ccc(Nc2ccc(N(C)C)cc2)cc1)CN=Nc1ccc(Nc2ccc(N(C)C)cc2)cc1. The van der Waals surface area contributed by atoms with Gasteiger partial charge in [-0.2, -0.15) is 10.2 Å². The molecule has 12 heteroatoms. The van der Waals surface area contributed by atoms with Crippen molar-refractivity contribution in [1.29, 1.82) is 0 Å². The monoisotopic (exact) mass is 727 g/mol. The second-order valence-corrected chi connectivity index (χ2v) is 13.7. The van der Waals surface area contributed by atoms with Crippen LogP contribution in [0.1, 0.15) is 25.7 Å². The third-order valence-corrected chi connectivity index (χ3v) is 8.77. The predicted molar refractivity (Wildman–Crippen MR) is 224 cm³/mol. The molecule has 0 saturated carbocycles. The summed E-state index contributed by atoms with van der Waals surface area (Å²) in [5, 5.41) is 28.0. The van der Waals surface area contributed by atoms with Crippen LogP contribution in [-0.2, 0) is 13.6 Å². The smallest absolute Gasteiger partial charge is 0.390 e. The first-order chi connectivity index (χ1) is 26.2. The molecule has 0 spiro atoms. The lowest BCUT2D eigenvalue weighted by Crippen LogP contribution is -2.25. The van der Waals surface area contributed by atoms with Crippen molar-refractivity contribution < 1.29 is 4.57 Å². The van der Waals surface area contributed by atoms with Crippen LogP contribution in [0.15, 0.2) is 142 Å². The maximum Gasteiger partial charge on any atom is 0.421 e. The van der Waals surface area contributed by atoms with E-state index in [-0.39, 0.29) is 0 Å². The highest BCUT2D eigenvalue weighted by atomic mass is 15.3. The van der Waals surface area contributed by atoms with Gasteiger partial charge in [-0.25, -0.2) is 9.13 Å². The Balaban J connectivity index is 0.936. The first-order valence-corrected chi connectivity index (χ1v) is 18.5. The Kier molecular flexibility index (Phi) is 14.6. The van der Waals surface area contributed by atoms with Crippen molar-refractivity contribution in [2.24, 2.45) is 27.5 Å². The van der Waals surface area contributed by atoms with Crippen LogP contribution in [0.5, 0.6) is 0 Å². The van der Waals surface area contributed by atoms with Crippen LogP contribution >= 0.6 is 0 Å². The van der Waals surface area contributed by atoms with Crippen molar-refractivity contribution in [3.8, 4) is 0 Å². The third-order valence-electron chi connectivity index (χ3n) is 8.77. The Labute approximate surface area is 320 Å². The molecule has 0 bridgehead atoms. The number of hydrogen-bond acceptors (Lipinski definition) is 10. The van der Waals surface area contributed by atoms with E-state index in [1.807, 2.05) is 119 Å². The lowest BCUT2D eigenvalue weighted by Gasteiger charge is -2.13. The van der Waals surface area contributed by atoms with E-state index < -0.39 is 0 Å². The number of azo groups is 2. The Bertz CT molecular complexity index is 1930. The largest absolute Gasteiger partial charge is 0.421 e. The molecule has 1 heterocycles. The van der Waals surface area contributed by atoms with E-state index in [0.717, 1.165) is 78.8 Å². The lowest BCUT2D eigenvalue weighted by molar-refractivity contribution is -0.657. The van der Waals surface area contributed by atoms with Crippen LogP contribution in [0.2, 0.25) is 0 Å². The molecule has 0 atom stereocenters. The van der Waals surface area contributed by atoms with Crippen molar-refractivity contribution in [2.45, 2.75) is 32.2 Å². The van der Waals surface area contributed by atoms with Gasteiger partial charge in [0.1, 0.15) is 12.4 Å². The number of nitrogens with zero attached hydrogens (tertiary/aromatic N) is 9. The van der Waals surface area contributed by atoms with Gasteiger partial charge < -0.3 is 30.7 Å². The predicted octanol–water partition coefficient (Wildman–Crippen LogP) is 9.64. The fourth-order valence-electron chi connectivity index (χ4n) is 5.55. The molecule has 0 unspecified atom stereocenters. The number of aryl methyl sites for hydroxylation is 2. The molecule has 12 nitrogen and oxygen atoms in total. The van der Waals surface area contributed by atoms with E-state index >= 15 is 0 Å². The molecule has 0 saturated heterocycles. The Morgan fingerprint density at radius 2 is 1.11 bits per heavy atom. The van der Waals surface area contributed by atoms with Crippen LogP contribution in [0.4, 0.5) is 51.4 Å². The fourth-order valence-corrected chi connectivity index (χ4v) is 5.55. The van der Waals surface area contributed by atoms with E-state index in [0.29, 0.717) is 6.67 Å². The number of unbranched alkanes of at least 4 members (excludes halogenated alkanes) is 3. The molecule has 3 N–H and O–H groups in total. The van der Waals surface area contributed by atoms with Gasteiger partial charge in [-0.15, -0.1) is 0 Å². The van der Waals surface area contributed by atoms with Gasteiger partial charge in [-0.1, -0.05) is 18.0 Å². The minimum absolute atomic E-state index is 0.478. The van der Waals surface area contributed by atoms with Gasteiger partial charge in [0.15, 0.2) is 0 Å². The molecule has 0 aliphatic heterocycles. The number of rotatable bonds is 20. The van der Waals surface area contributed by atoms with E-state index in [2.05, 4.69) is 106 Å². The molecular formula is C42H55N12+. The summed E-state index contributed by atoms with van der Waals surface area (Å²) in [5.74, 6) is 0.835. The fraction of sp³-hybridized carbons (Fsp3) is 0.310. The average Bonchev–Trinajstić information content (AvgIpc) is 3.53. The summed E-state index contributed by atoms with van der Waals surface area (Å²) in [5.41, 5.74) is 8.08. The molecule has 4 aromatic carbocycles. The second-order valence-electron chi connectivity index (χ2n) is 13.7. The van der Waals surface area contributed by atoms with E-state index in [1.165, 1.54) is 11.4 Å². The summed E-state index contributed by atoms with van der Waals surface area (Å²) in [4.78, 5) is 6.17. The van der Waals surface area contributed by atoms with Gasteiger partial charge in [0.05, 0.1) is 31.7 Å². The molecule has 0 aliphatic rings. The quantitative estimate of drug-likeness (QED) is 0.0419. The summed E-state index contributed by atoms with van der Waals surface area (Å²) in [6, 6.07) is 32.7. The van der Waals surface area contributed by atoms with Crippen molar-refractivity contribution >= 4 is 51.4 Å². The van der Waals surface area contributed by atoms with Crippen LogP contribution < -0.4 is 30.3 Å². The van der Waals surface area contributed by atoms with Crippen molar-refractivity contribution in [3.63, 3.8) is 0 Å². The zero-order valence-electron chi connectivity index (χ0n) is 32.5. The molecule has 54 heavy (non-hydrogen) atoms. The molecule has 5 aromatic rings. The van der Waals surface area contributed by atoms with Crippen molar-refractivity contribution in [2.75, 3.05) is 68.9 Å². The highest BCUT2D eigenvalue weighted by Crippen LogP contribution is 2.25. The molecule has 1 aromatic heterocycles. The highest BCUT2D eigenvalue weighted by Gasteiger charge is 2.14. The average molecular weight is 728 g/mol. The van der Waals surface area contributed by atoms with E-state index in [9.17, 15) is 0 Å². The Morgan fingerprint density at radius 3 is 1.65 bits per heavy atom. The number of aromatic nitrogens is 2. The number of hydrogen-bond donors (Lipinski definition) is 3. The summed E-state index contributed by atoms with van der Waals surface area (Å²) in [6.45, 7) is 2.32. The Hall–Kier alpha value is -6.17. The van der Waals surface area contributed by atoms with Gasteiger partial charge >= 0.3 is 5.95 Å². The summed E-state index contributed by atoms with van der Waals surface area (Å²) < 4.78 is 4.18. The van der Waals surface area contributed by atoms with Crippen LogP contribution in [0.25, 0.3) is 0 Å². The van der Waals surface area contributed by atoms with Crippen molar-refractivity contribution in [1.82, 2.24) is 14.8 Å². The standard InChI is InChI=1S/C42H54N12/c1-50(2)40-23-19-36(20-24-40)45-34-11-15-38(16-12-34)47-44-33-52(5)30-28-43-27-9-7-8-10-29-54-32-31-53(6)42(54)49-48-39-17-13-35(14-18-39)46-37-21-25-41(26-22-37)51(3)4/h11-26,28,30-32,43H,7-10,27,29,33H2,1-6H3,(H,44,45)/p+1/b30-28-. The number of imidazole rings is 1. The Morgan fingerprint density at radius 1 is 0.611 bits per heavy atom. The summed E-state index contributed by atoms with van der Waals surface area (Å²) in [6.07, 6.45) is 12.6. The van der Waals surface area contributed by atoms with Gasteiger partial charge in [0.2, 0.25) is 0 Å². The number of nitrogens with one attached hydrogen (secondary N) is 3. The van der Waals surface area contributed by atoms with Gasteiger partial charge in [-0.05, 0) is 110 Å². The summed E-state index contributed by atoms with van der Waals surface area (Å²) >= 11 is 0. The van der Waals surface area contributed by atoms with Crippen molar-refractivity contribution in [3.05, 3.63) is 122 Å². The molecule has 0 radical (unpaired) electrons. The highest BCUT2D eigenvalue weighted by molar-refractivity contribution is 5.65. The number of anilines is 6. The van der Waals surface area contributed by atoms with E-state index in [4.69, 9.17) is 0 Å². The first-order valence-electron chi connectivity index (χ1n) is 18.5. The van der Waals surface area contributed by atoms with Crippen LogP contribution in [0, 0.1) is 0 Å². The maximum atomic E-state index is 4.58. The van der Waals surface area contributed by atoms with Gasteiger partial charge in [-0.3, -0.25) is 0 Å². The molecule has 5 rings (SSSR count). The molecule has 0 fully saturated rings. The normalized spacial score (nSPS) is 11.4. The van der Waals surface area contributed by atoms with Gasteiger partial charge in [0, 0.05) is 93.4 Å². The molecule has 0 aliphatic carbocycles. The van der Waals surface area contributed by atoms with Gasteiger partial charge in [0.25, 0.3) is 0 Å². The molecule has 282 valence electrons. The van der Waals surface area contributed by atoms with Crippen LogP contribution in [-0.4, -0.2) is 57.9 Å². The topological polar surface area (TPSA) is 104 Å². The minimum atomic E-state index is 0.478. The van der Waals surface area contributed by atoms with E-state index in [1.54, 1.807) is 0 Å². The molecular weight excluding hydrogens is 673 g/mol. The summed E-state index contributed by atoms with van der Waals surface area (Å²) in [7, 11) is 12.1. The zero-order chi connectivity index (χ0) is 38.1. The maximum absolute atomic E-state index is 4.58. The molecule has 0 amide bonds. The number of benzene rings is 4. The first kappa shape index (κ1) is 39.0. The van der Waals surface area contributed by atoms with Crippen LogP contribution in [0.3, 0.4) is 0 Å². The third kappa shape index (κ3) is 12.5.